The maximum Gasteiger partial charge on any atom is 0.364 e. The second-order valence-corrected chi connectivity index (χ2v) is 6.21. The lowest BCUT2D eigenvalue weighted by atomic mass is 10.1. The number of tetrazole rings is 1. The van der Waals surface area contributed by atoms with Gasteiger partial charge in [-0.25, -0.2) is 4.79 Å². The lowest BCUT2D eigenvalue weighted by molar-refractivity contribution is 0.168. The summed E-state index contributed by atoms with van der Waals surface area (Å²) in [6.07, 6.45) is 5.83. The third-order valence-electron chi connectivity index (χ3n) is 4.53. The molecule has 4 rings (SSSR count). The van der Waals surface area contributed by atoms with Crippen molar-refractivity contribution in [2.75, 3.05) is 13.1 Å². The first kappa shape index (κ1) is 13.6. The van der Waals surface area contributed by atoms with E-state index in [9.17, 15) is 4.79 Å². The Labute approximate surface area is 128 Å². The summed E-state index contributed by atoms with van der Waals surface area (Å²) in [7, 11) is 0. The minimum absolute atomic E-state index is 0.0364. The van der Waals surface area contributed by atoms with Crippen LogP contribution in [0.5, 0.6) is 0 Å². The van der Waals surface area contributed by atoms with Gasteiger partial charge < -0.3 is 0 Å². The zero-order valence-corrected chi connectivity index (χ0v) is 12.5. The van der Waals surface area contributed by atoms with Crippen LogP contribution in [-0.4, -0.2) is 42.8 Å². The number of piperidine rings is 1. The molecule has 1 saturated carbocycles. The molecular formula is C15H20N6O. The van der Waals surface area contributed by atoms with Crippen molar-refractivity contribution in [3.63, 3.8) is 0 Å². The molecule has 0 bridgehead atoms. The number of pyridine rings is 1. The lowest BCUT2D eigenvalue weighted by Gasteiger charge is -2.30. The quantitative estimate of drug-likeness (QED) is 0.843. The fraction of sp³-hybridized carbons (Fsp3) is 0.600. The maximum atomic E-state index is 12.3. The Morgan fingerprint density at radius 2 is 1.68 bits per heavy atom. The highest BCUT2D eigenvalue weighted by atomic mass is 16.2. The predicted octanol–water partition coefficient (Wildman–Crippen LogP) is 1.01. The minimum atomic E-state index is -0.0364. The monoisotopic (exact) mass is 300 g/mol. The molecular weight excluding hydrogens is 280 g/mol. The molecule has 116 valence electrons. The Morgan fingerprint density at radius 1 is 1.00 bits per heavy atom. The van der Waals surface area contributed by atoms with E-state index in [2.05, 4.69) is 26.4 Å². The van der Waals surface area contributed by atoms with Crippen LogP contribution in [0.4, 0.5) is 0 Å². The highest BCUT2D eigenvalue weighted by Gasteiger charge is 2.30. The number of nitrogens with zero attached hydrogens (tertiary/aromatic N) is 6. The van der Waals surface area contributed by atoms with Gasteiger partial charge in [-0.1, -0.05) is 6.07 Å². The molecule has 1 aliphatic heterocycles. The molecule has 0 unspecified atom stereocenters. The van der Waals surface area contributed by atoms with Crippen molar-refractivity contribution in [2.24, 2.45) is 0 Å². The Morgan fingerprint density at radius 3 is 2.27 bits per heavy atom. The van der Waals surface area contributed by atoms with Gasteiger partial charge in [0, 0.05) is 25.8 Å². The van der Waals surface area contributed by atoms with Gasteiger partial charge in [-0.15, -0.1) is 0 Å². The zero-order chi connectivity index (χ0) is 14.9. The Hall–Kier alpha value is -2.02. The van der Waals surface area contributed by atoms with Crippen molar-refractivity contribution < 1.29 is 0 Å². The van der Waals surface area contributed by atoms with E-state index in [-0.39, 0.29) is 11.7 Å². The normalized spacial score (nSPS) is 20.4. The molecule has 7 heteroatoms. The molecule has 2 fully saturated rings. The second-order valence-electron chi connectivity index (χ2n) is 6.21. The number of likely N-dealkylation sites (tertiary alicyclic amines) is 1. The molecule has 3 heterocycles. The first-order valence-corrected chi connectivity index (χ1v) is 7.97. The summed E-state index contributed by atoms with van der Waals surface area (Å²) >= 11 is 0. The molecule has 2 aromatic heterocycles. The summed E-state index contributed by atoms with van der Waals surface area (Å²) in [5.74, 6) is 0. The van der Waals surface area contributed by atoms with Crippen molar-refractivity contribution >= 4 is 0 Å². The number of hydrogen-bond acceptors (Lipinski definition) is 5. The third-order valence-corrected chi connectivity index (χ3v) is 4.53. The molecule has 1 aliphatic carbocycles. The van der Waals surface area contributed by atoms with E-state index in [0.29, 0.717) is 6.04 Å². The van der Waals surface area contributed by atoms with Crippen molar-refractivity contribution in [1.82, 2.24) is 29.7 Å². The average molecular weight is 300 g/mol. The van der Waals surface area contributed by atoms with E-state index in [1.54, 1.807) is 9.36 Å². The Bertz CT molecular complexity index is 682. The van der Waals surface area contributed by atoms with Gasteiger partial charge in [0.1, 0.15) is 0 Å². The Balaban J connectivity index is 1.38. The van der Waals surface area contributed by atoms with E-state index in [0.717, 1.165) is 51.0 Å². The molecule has 2 aliphatic rings. The summed E-state index contributed by atoms with van der Waals surface area (Å²) in [4.78, 5) is 19.1. The maximum absolute atomic E-state index is 12.3. The van der Waals surface area contributed by atoms with Gasteiger partial charge in [0.2, 0.25) is 0 Å². The van der Waals surface area contributed by atoms with Crippen molar-refractivity contribution in [1.29, 1.82) is 0 Å². The average Bonchev–Trinajstić information content (AvgIpc) is 3.32. The first-order valence-electron chi connectivity index (χ1n) is 7.97. The van der Waals surface area contributed by atoms with E-state index in [1.165, 1.54) is 0 Å². The molecule has 2 aromatic rings. The summed E-state index contributed by atoms with van der Waals surface area (Å²) in [5.41, 5.74) is 1.06. The van der Waals surface area contributed by atoms with Gasteiger partial charge in [0.05, 0.1) is 17.8 Å². The zero-order valence-electron chi connectivity index (χ0n) is 12.5. The van der Waals surface area contributed by atoms with E-state index in [1.807, 2.05) is 18.3 Å². The van der Waals surface area contributed by atoms with Gasteiger partial charge in [0.25, 0.3) is 0 Å². The summed E-state index contributed by atoms with van der Waals surface area (Å²) in [6.45, 7) is 2.80. The molecule has 22 heavy (non-hydrogen) atoms. The second kappa shape index (κ2) is 5.64. The van der Waals surface area contributed by atoms with E-state index in [4.69, 9.17) is 0 Å². The fourth-order valence-electron chi connectivity index (χ4n) is 3.09. The molecule has 0 spiro atoms. The topological polar surface area (TPSA) is 68.8 Å². The van der Waals surface area contributed by atoms with Gasteiger partial charge in [-0.2, -0.15) is 9.36 Å². The van der Waals surface area contributed by atoms with Crippen LogP contribution in [0.15, 0.2) is 29.2 Å². The minimum Gasteiger partial charge on any atom is -0.297 e. The van der Waals surface area contributed by atoms with Gasteiger partial charge in [-0.05, 0) is 48.2 Å². The van der Waals surface area contributed by atoms with Crippen molar-refractivity contribution in [3.05, 3.63) is 40.6 Å². The largest absolute Gasteiger partial charge is 0.364 e. The Kier molecular flexibility index (Phi) is 3.49. The van der Waals surface area contributed by atoms with Crippen molar-refractivity contribution in [3.8, 4) is 0 Å². The standard InChI is InChI=1S/C15H20N6O/c22-15-20(13-4-5-13)17-18-21(15)14-6-9-19(10-7-14)11-12-3-1-2-8-16-12/h1-3,8,13-14H,4-7,9-11H2. The SMILES string of the molecule is O=c1n(C2CC2)nnn1C1CCN(Cc2ccccn2)CC1. The van der Waals surface area contributed by atoms with Crippen LogP contribution < -0.4 is 5.69 Å². The predicted molar refractivity (Wildman–Crippen MR) is 80.3 cm³/mol. The highest BCUT2D eigenvalue weighted by molar-refractivity contribution is 5.03. The molecule has 0 radical (unpaired) electrons. The van der Waals surface area contributed by atoms with E-state index < -0.39 is 0 Å². The van der Waals surface area contributed by atoms with E-state index >= 15 is 0 Å². The summed E-state index contributed by atoms with van der Waals surface area (Å²) in [6, 6.07) is 6.49. The van der Waals surface area contributed by atoms with Crippen LogP contribution in [0.2, 0.25) is 0 Å². The first-order chi connectivity index (χ1) is 10.8. The number of hydrogen-bond donors (Lipinski definition) is 0. The number of aromatic nitrogens is 5. The molecule has 0 N–H and O–H groups in total. The molecule has 0 amide bonds. The third kappa shape index (κ3) is 2.68. The lowest BCUT2D eigenvalue weighted by Crippen LogP contribution is -2.38. The van der Waals surface area contributed by atoms with Crippen LogP contribution in [0.25, 0.3) is 0 Å². The van der Waals surface area contributed by atoms with Gasteiger partial charge in [-0.3, -0.25) is 9.88 Å². The van der Waals surface area contributed by atoms with Crippen molar-refractivity contribution in [2.45, 2.75) is 44.3 Å². The molecule has 0 atom stereocenters. The molecule has 1 saturated heterocycles. The molecule has 0 aromatic carbocycles. The van der Waals surface area contributed by atoms with Gasteiger partial charge in [0.15, 0.2) is 0 Å². The van der Waals surface area contributed by atoms with Crippen LogP contribution in [-0.2, 0) is 6.54 Å². The van der Waals surface area contributed by atoms with Crippen LogP contribution in [0.1, 0.15) is 43.5 Å². The fourth-order valence-corrected chi connectivity index (χ4v) is 3.09. The van der Waals surface area contributed by atoms with Crippen LogP contribution >= 0.6 is 0 Å². The number of rotatable bonds is 4. The summed E-state index contributed by atoms with van der Waals surface area (Å²) in [5, 5.41) is 8.13. The smallest absolute Gasteiger partial charge is 0.297 e. The molecule has 7 nitrogen and oxygen atoms in total. The van der Waals surface area contributed by atoms with Crippen LogP contribution in [0, 0.1) is 0 Å². The van der Waals surface area contributed by atoms with Gasteiger partial charge >= 0.3 is 5.69 Å². The highest BCUT2D eigenvalue weighted by Crippen LogP contribution is 2.32. The summed E-state index contributed by atoms with van der Waals surface area (Å²) < 4.78 is 3.15. The van der Waals surface area contributed by atoms with Crippen LogP contribution in [0.3, 0.4) is 0 Å².